The first kappa shape index (κ1) is 17.3. The highest BCUT2D eigenvalue weighted by molar-refractivity contribution is 5.91. The molecule has 126 valence electrons. The van der Waals surface area contributed by atoms with E-state index in [1.54, 1.807) is 31.4 Å². The number of amides is 1. The number of benzene rings is 1. The van der Waals surface area contributed by atoms with E-state index in [-0.39, 0.29) is 18.6 Å². The average Bonchev–Trinajstić information content (AvgIpc) is 2.57. The first-order valence-corrected chi connectivity index (χ1v) is 8.11. The van der Waals surface area contributed by atoms with Crippen molar-refractivity contribution in [2.75, 3.05) is 13.7 Å². The molecule has 1 aliphatic carbocycles. The Morgan fingerprint density at radius 2 is 1.87 bits per heavy atom. The lowest BCUT2D eigenvalue weighted by atomic mass is 9.78. The van der Waals surface area contributed by atoms with Crippen LogP contribution in [0.2, 0.25) is 0 Å². The number of ether oxygens (including phenoxy) is 2. The number of carbonyl (C=O) groups is 2. The van der Waals surface area contributed by atoms with Crippen molar-refractivity contribution in [1.82, 2.24) is 5.32 Å². The molecule has 0 aromatic heterocycles. The molecule has 2 rings (SSSR count). The Kier molecular flexibility index (Phi) is 6.02. The SMILES string of the molecule is COc1ccc(C(=O)OCC(=O)N[C@H]2CCC[C@@H](C)[C@H]2C)cc1. The molecule has 1 aliphatic rings. The van der Waals surface area contributed by atoms with Crippen LogP contribution in [-0.4, -0.2) is 31.6 Å². The number of carbonyl (C=O) groups excluding carboxylic acids is 2. The minimum absolute atomic E-state index is 0.172. The van der Waals surface area contributed by atoms with Gasteiger partial charge in [0, 0.05) is 6.04 Å². The third kappa shape index (κ3) is 4.71. The average molecular weight is 319 g/mol. The summed E-state index contributed by atoms with van der Waals surface area (Å²) in [6, 6.07) is 6.77. The van der Waals surface area contributed by atoms with E-state index in [2.05, 4.69) is 19.2 Å². The summed E-state index contributed by atoms with van der Waals surface area (Å²) in [5, 5.41) is 2.99. The first-order chi connectivity index (χ1) is 11.0. The number of rotatable bonds is 5. The van der Waals surface area contributed by atoms with Gasteiger partial charge in [0.05, 0.1) is 12.7 Å². The van der Waals surface area contributed by atoms with Crippen LogP contribution in [0.1, 0.15) is 43.5 Å². The largest absolute Gasteiger partial charge is 0.497 e. The van der Waals surface area contributed by atoms with Gasteiger partial charge in [-0.1, -0.05) is 26.7 Å². The third-order valence-corrected chi connectivity index (χ3v) is 4.71. The third-order valence-electron chi connectivity index (χ3n) is 4.71. The summed E-state index contributed by atoms with van der Waals surface area (Å²) in [5.74, 6) is 0.978. The van der Waals surface area contributed by atoms with Crippen LogP contribution in [0.3, 0.4) is 0 Å². The van der Waals surface area contributed by atoms with E-state index in [1.807, 2.05) is 0 Å². The monoisotopic (exact) mass is 319 g/mol. The van der Waals surface area contributed by atoms with Crippen molar-refractivity contribution in [2.24, 2.45) is 11.8 Å². The molecule has 1 N–H and O–H groups in total. The maximum absolute atomic E-state index is 12.0. The van der Waals surface area contributed by atoms with Crippen molar-refractivity contribution in [1.29, 1.82) is 0 Å². The van der Waals surface area contributed by atoms with Gasteiger partial charge in [0.25, 0.3) is 5.91 Å². The molecule has 0 heterocycles. The van der Waals surface area contributed by atoms with Crippen LogP contribution >= 0.6 is 0 Å². The lowest BCUT2D eigenvalue weighted by Gasteiger charge is -2.34. The lowest BCUT2D eigenvalue weighted by molar-refractivity contribution is -0.125. The van der Waals surface area contributed by atoms with Crippen molar-refractivity contribution in [2.45, 2.75) is 39.2 Å². The van der Waals surface area contributed by atoms with E-state index in [1.165, 1.54) is 6.42 Å². The topological polar surface area (TPSA) is 64.6 Å². The van der Waals surface area contributed by atoms with Gasteiger partial charge >= 0.3 is 5.97 Å². The summed E-state index contributed by atoms with van der Waals surface area (Å²) in [4.78, 5) is 23.9. The maximum Gasteiger partial charge on any atom is 0.338 e. The fourth-order valence-electron chi connectivity index (χ4n) is 2.98. The number of esters is 1. The van der Waals surface area contributed by atoms with E-state index >= 15 is 0 Å². The Morgan fingerprint density at radius 3 is 2.52 bits per heavy atom. The van der Waals surface area contributed by atoms with Crippen LogP contribution in [0.15, 0.2) is 24.3 Å². The Labute approximate surface area is 137 Å². The highest BCUT2D eigenvalue weighted by atomic mass is 16.5. The molecule has 1 fully saturated rings. The molecule has 0 radical (unpaired) electrons. The second-order valence-corrected chi connectivity index (χ2v) is 6.25. The van der Waals surface area contributed by atoms with Gasteiger partial charge in [-0.3, -0.25) is 4.79 Å². The Hall–Kier alpha value is -2.04. The van der Waals surface area contributed by atoms with Crippen LogP contribution in [0.25, 0.3) is 0 Å². The van der Waals surface area contributed by atoms with Gasteiger partial charge in [0.2, 0.25) is 0 Å². The number of hydrogen-bond acceptors (Lipinski definition) is 4. The first-order valence-electron chi connectivity index (χ1n) is 8.11. The second-order valence-electron chi connectivity index (χ2n) is 6.25. The van der Waals surface area contributed by atoms with Gasteiger partial charge in [0.15, 0.2) is 6.61 Å². The van der Waals surface area contributed by atoms with Crippen LogP contribution in [0.4, 0.5) is 0 Å². The molecular weight excluding hydrogens is 294 g/mol. The lowest BCUT2D eigenvalue weighted by Crippen LogP contribution is -2.45. The van der Waals surface area contributed by atoms with Crippen molar-refractivity contribution in [3.8, 4) is 5.75 Å². The van der Waals surface area contributed by atoms with Crippen LogP contribution in [-0.2, 0) is 9.53 Å². The summed E-state index contributed by atoms with van der Waals surface area (Å²) in [7, 11) is 1.56. The van der Waals surface area contributed by atoms with Gasteiger partial charge < -0.3 is 14.8 Å². The van der Waals surface area contributed by atoms with Crippen LogP contribution in [0, 0.1) is 11.8 Å². The van der Waals surface area contributed by atoms with E-state index in [0.29, 0.717) is 23.1 Å². The molecule has 0 aliphatic heterocycles. The molecule has 23 heavy (non-hydrogen) atoms. The van der Waals surface area contributed by atoms with E-state index in [9.17, 15) is 9.59 Å². The molecule has 0 spiro atoms. The van der Waals surface area contributed by atoms with Gasteiger partial charge in [-0.05, 0) is 42.5 Å². The fourth-order valence-corrected chi connectivity index (χ4v) is 2.98. The minimum atomic E-state index is -0.507. The van der Waals surface area contributed by atoms with Crippen molar-refractivity contribution in [3.63, 3.8) is 0 Å². The molecule has 0 bridgehead atoms. The van der Waals surface area contributed by atoms with E-state index in [4.69, 9.17) is 9.47 Å². The summed E-state index contributed by atoms with van der Waals surface area (Å²) in [6.45, 7) is 4.13. The van der Waals surface area contributed by atoms with Gasteiger partial charge in [-0.2, -0.15) is 0 Å². The molecule has 1 aromatic rings. The minimum Gasteiger partial charge on any atom is -0.497 e. The quantitative estimate of drug-likeness (QED) is 0.848. The molecule has 1 saturated carbocycles. The molecular formula is C18H25NO4. The molecule has 1 amide bonds. The number of nitrogens with one attached hydrogen (secondary N) is 1. The van der Waals surface area contributed by atoms with Crippen molar-refractivity contribution in [3.05, 3.63) is 29.8 Å². The zero-order chi connectivity index (χ0) is 16.8. The molecule has 5 heteroatoms. The summed E-state index contributed by atoms with van der Waals surface area (Å²) in [6.07, 6.45) is 3.33. The predicted octanol–water partition coefficient (Wildman–Crippen LogP) is 2.79. The van der Waals surface area contributed by atoms with Crippen LogP contribution in [0.5, 0.6) is 5.75 Å². The van der Waals surface area contributed by atoms with E-state index < -0.39 is 5.97 Å². The Balaban J connectivity index is 1.80. The molecule has 1 aromatic carbocycles. The predicted molar refractivity (Wildman–Crippen MR) is 87.4 cm³/mol. The van der Waals surface area contributed by atoms with Crippen molar-refractivity contribution >= 4 is 11.9 Å². The van der Waals surface area contributed by atoms with Crippen molar-refractivity contribution < 1.29 is 19.1 Å². The Bertz CT molecular complexity index is 540. The fraction of sp³-hybridized carbons (Fsp3) is 0.556. The highest BCUT2D eigenvalue weighted by Crippen LogP contribution is 2.29. The summed E-state index contributed by atoms with van der Waals surface area (Å²) >= 11 is 0. The van der Waals surface area contributed by atoms with Gasteiger partial charge in [-0.15, -0.1) is 0 Å². The van der Waals surface area contributed by atoms with Gasteiger partial charge in [0.1, 0.15) is 5.75 Å². The summed E-state index contributed by atoms with van der Waals surface area (Å²) < 4.78 is 10.1. The zero-order valence-electron chi connectivity index (χ0n) is 14.0. The number of methoxy groups -OCH3 is 1. The molecule has 3 atom stereocenters. The molecule has 0 saturated heterocycles. The second kappa shape index (κ2) is 7.99. The Morgan fingerprint density at radius 1 is 1.17 bits per heavy atom. The normalized spacial score (nSPS) is 23.9. The van der Waals surface area contributed by atoms with E-state index in [0.717, 1.165) is 12.8 Å². The van der Waals surface area contributed by atoms with Gasteiger partial charge in [-0.25, -0.2) is 4.79 Å². The highest BCUT2D eigenvalue weighted by Gasteiger charge is 2.28. The van der Waals surface area contributed by atoms with Crippen LogP contribution < -0.4 is 10.1 Å². The smallest absolute Gasteiger partial charge is 0.338 e. The number of hydrogen-bond donors (Lipinski definition) is 1. The maximum atomic E-state index is 12.0. The summed E-state index contributed by atoms with van der Waals surface area (Å²) in [5.41, 5.74) is 0.401. The molecule has 5 nitrogen and oxygen atoms in total. The standard InChI is InChI=1S/C18H25NO4/c1-12-5-4-6-16(13(12)2)19-17(20)11-23-18(21)14-7-9-15(22-3)10-8-14/h7-10,12-13,16H,4-6,11H2,1-3H3,(H,19,20)/t12-,13-,16+/m1/s1. The molecule has 0 unspecified atom stereocenters. The zero-order valence-corrected chi connectivity index (χ0v) is 14.0.